The van der Waals surface area contributed by atoms with Gasteiger partial charge in [-0.3, -0.25) is 4.98 Å². The van der Waals surface area contributed by atoms with Gasteiger partial charge in [-0.15, -0.1) is 0 Å². The standard InChI is InChI=1S/C7H5N3.C7H8O.C5H12N2O/c1-2-6-7(9-3-1)10-5-4-8-6;1-6-2-4-7(8)5-3-6;1-6(2)5(8)7(3)4/h1-5H;2-5,8H,1H3;1-4H3. The van der Waals surface area contributed by atoms with Crippen molar-refractivity contribution in [1.29, 1.82) is 0 Å². The van der Waals surface area contributed by atoms with Crippen LogP contribution < -0.4 is 0 Å². The van der Waals surface area contributed by atoms with E-state index in [4.69, 9.17) is 5.11 Å². The van der Waals surface area contributed by atoms with Crippen LogP contribution >= 0.6 is 0 Å². The number of rotatable bonds is 0. The van der Waals surface area contributed by atoms with Crippen LogP contribution in [-0.4, -0.2) is 64.1 Å². The molecule has 2 heterocycles. The first kappa shape index (κ1) is 20.8. The van der Waals surface area contributed by atoms with Crippen molar-refractivity contribution in [3.05, 3.63) is 60.6 Å². The third-order valence-electron chi connectivity index (χ3n) is 3.04. The van der Waals surface area contributed by atoms with Gasteiger partial charge in [-0.1, -0.05) is 17.7 Å². The van der Waals surface area contributed by atoms with Crippen LogP contribution in [0.4, 0.5) is 4.79 Å². The molecule has 0 aliphatic rings. The molecule has 0 radical (unpaired) electrons. The summed E-state index contributed by atoms with van der Waals surface area (Å²) in [6.07, 6.45) is 5.00. The minimum Gasteiger partial charge on any atom is -0.508 e. The lowest BCUT2D eigenvalue weighted by molar-refractivity contribution is 0.191. The Bertz CT molecular complexity index is 708. The Morgan fingerprint density at radius 2 is 1.38 bits per heavy atom. The van der Waals surface area contributed by atoms with Crippen molar-refractivity contribution < 1.29 is 9.90 Å². The summed E-state index contributed by atoms with van der Waals surface area (Å²) in [6.45, 7) is 1.99. The van der Waals surface area contributed by atoms with Gasteiger partial charge in [0.2, 0.25) is 0 Å². The molecule has 0 atom stereocenters. The zero-order chi connectivity index (χ0) is 19.5. The molecule has 0 saturated heterocycles. The molecule has 0 unspecified atom stereocenters. The van der Waals surface area contributed by atoms with E-state index in [-0.39, 0.29) is 6.03 Å². The van der Waals surface area contributed by atoms with Crippen LogP contribution in [0.2, 0.25) is 0 Å². The first-order valence-electron chi connectivity index (χ1n) is 7.97. The molecule has 0 fully saturated rings. The maximum Gasteiger partial charge on any atom is 0.318 e. The number of benzene rings is 1. The van der Waals surface area contributed by atoms with Gasteiger partial charge >= 0.3 is 6.03 Å². The normalized spacial score (nSPS) is 9.27. The first-order chi connectivity index (χ1) is 12.3. The van der Waals surface area contributed by atoms with Crippen molar-refractivity contribution in [2.45, 2.75) is 6.92 Å². The minimum atomic E-state index is 0.0185. The SMILES string of the molecule is CN(C)C(=O)N(C)C.Cc1ccc(O)cc1.c1cnc2nccnc2c1. The number of aromatic nitrogens is 3. The molecule has 2 aromatic heterocycles. The maximum absolute atomic E-state index is 10.7. The number of aromatic hydroxyl groups is 1. The summed E-state index contributed by atoms with van der Waals surface area (Å²) in [5, 5.41) is 8.76. The summed E-state index contributed by atoms with van der Waals surface area (Å²) in [5.74, 6) is 0.329. The van der Waals surface area contributed by atoms with E-state index in [0.717, 1.165) is 5.52 Å². The average Bonchev–Trinajstić information content (AvgIpc) is 2.64. The Morgan fingerprint density at radius 1 is 0.846 bits per heavy atom. The van der Waals surface area contributed by atoms with E-state index in [1.54, 1.807) is 58.9 Å². The summed E-state index contributed by atoms with van der Waals surface area (Å²) < 4.78 is 0. The summed E-state index contributed by atoms with van der Waals surface area (Å²) in [4.78, 5) is 25.8. The Hall–Kier alpha value is -3.22. The molecule has 7 nitrogen and oxygen atoms in total. The molecule has 3 aromatic rings. The van der Waals surface area contributed by atoms with E-state index in [0.29, 0.717) is 11.4 Å². The van der Waals surface area contributed by atoms with E-state index >= 15 is 0 Å². The smallest absolute Gasteiger partial charge is 0.318 e. The summed E-state index contributed by atoms with van der Waals surface area (Å²) >= 11 is 0. The molecule has 1 N–H and O–H groups in total. The fourth-order valence-corrected chi connectivity index (χ4v) is 1.75. The van der Waals surface area contributed by atoms with Crippen LogP contribution in [0, 0.1) is 6.92 Å². The second-order valence-electron chi connectivity index (χ2n) is 5.81. The Labute approximate surface area is 154 Å². The predicted molar refractivity (Wildman–Crippen MR) is 103 cm³/mol. The number of carbonyl (C=O) groups excluding carboxylic acids is 1. The number of hydrogen-bond donors (Lipinski definition) is 1. The van der Waals surface area contributed by atoms with Crippen LogP contribution in [-0.2, 0) is 0 Å². The third kappa shape index (κ3) is 7.57. The number of pyridine rings is 1. The topological polar surface area (TPSA) is 82.5 Å². The molecule has 2 amide bonds. The summed E-state index contributed by atoms with van der Waals surface area (Å²) in [5.41, 5.74) is 2.71. The van der Waals surface area contributed by atoms with E-state index < -0.39 is 0 Å². The zero-order valence-corrected chi connectivity index (χ0v) is 15.8. The van der Waals surface area contributed by atoms with Gasteiger partial charge in [-0.05, 0) is 31.2 Å². The monoisotopic (exact) mass is 355 g/mol. The predicted octanol–water partition coefficient (Wildman–Crippen LogP) is 2.96. The molecular weight excluding hydrogens is 330 g/mol. The van der Waals surface area contributed by atoms with Gasteiger partial charge < -0.3 is 14.9 Å². The molecule has 0 bridgehead atoms. The highest BCUT2D eigenvalue weighted by Gasteiger charge is 2.02. The number of phenols is 1. The van der Waals surface area contributed by atoms with Gasteiger partial charge in [0, 0.05) is 46.8 Å². The van der Waals surface area contributed by atoms with Crippen LogP contribution in [0.25, 0.3) is 11.2 Å². The number of hydrogen-bond acceptors (Lipinski definition) is 5. The first-order valence-corrected chi connectivity index (χ1v) is 7.97. The molecular formula is C19H25N5O2. The highest BCUT2D eigenvalue weighted by atomic mass is 16.3. The van der Waals surface area contributed by atoms with E-state index in [1.807, 2.05) is 31.2 Å². The van der Waals surface area contributed by atoms with E-state index in [2.05, 4.69) is 15.0 Å². The molecule has 1 aromatic carbocycles. The number of nitrogens with zero attached hydrogens (tertiary/aromatic N) is 5. The lowest BCUT2D eigenvalue weighted by Crippen LogP contribution is -2.33. The number of fused-ring (bicyclic) bond motifs is 1. The van der Waals surface area contributed by atoms with Crippen LogP contribution in [0.5, 0.6) is 5.75 Å². The lowest BCUT2D eigenvalue weighted by Gasteiger charge is -2.16. The fourth-order valence-electron chi connectivity index (χ4n) is 1.75. The second-order valence-corrected chi connectivity index (χ2v) is 5.81. The molecule has 138 valence electrons. The van der Waals surface area contributed by atoms with E-state index in [9.17, 15) is 4.79 Å². The molecule has 0 saturated carbocycles. The van der Waals surface area contributed by atoms with Crippen molar-refractivity contribution in [3.63, 3.8) is 0 Å². The van der Waals surface area contributed by atoms with Gasteiger partial charge in [-0.2, -0.15) is 0 Å². The van der Waals surface area contributed by atoms with Crippen molar-refractivity contribution >= 4 is 17.2 Å². The minimum absolute atomic E-state index is 0.0185. The number of urea groups is 1. The van der Waals surface area contributed by atoms with Gasteiger partial charge in [0.05, 0.1) is 0 Å². The van der Waals surface area contributed by atoms with Crippen molar-refractivity contribution in [1.82, 2.24) is 24.8 Å². The largest absolute Gasteiger partial charge is 0.508 e. The van der Waals surface area contributed by atoms with Gasteiger partial charge in [0.15, 0.2) is 5.65 Å². The summed E-state index contributed by atoms with van der Waals surface area (Å²) in [6, 6.07) is 10.8. The van der Waals surface area contributed by atoms with E-state index in [1.165, 1.54) is 15.4 Å². The highest BCUT2D eigenvalue weighted by Crippen LogP contribution is 2.07. The van der Waals surface area contributed by atoms with Crippen molar-refractivity contribution in [3.8, 4) is 5.75 Å². The van der Waals surface area contributed by atoms with Crippen LogP contribution in [0.15, 0.2) is 55.0 Å². The van der Waals surface area contributed by atoms with Crippen molar-refractivity contribution in [2.75, 3.05) is 28.2 Å². The number of phenolic OH excluding ortho intramolecular Hbond substituents is 1. The Kier molecular flexibility index (Phi) is 8.49. The number of amides is 2. The third-order valence-corrected chi connectivity index (χ3v) is 3.04. The van der Waals surface area contributed by atoms with Gasteiger partial charge in [0.1, 0.15) is 11.3 Å². The van der Waals surface area contributed by atoms with Crippen LogP contribution in [0.1, 0.15) is 5.56 Å². The quantitative estimate of drug-likeness (QED) is 0.670. The summed E-state index contributed by atoms with van der Waals surface area (Å²) in [7, 11) is 6.90. The lowest BCUT2D eigenvalue weighted by atomic mass is 10.2. The molecule has 3 rings (SSSR count). The van der Waals surface area contributed by atoms with Gasteiger partial charge in [0.25, 0.3) is 0 Å². The number of carbonyl (C=O) groups is 1. The van der Waals surface area contributed by atoms with Crippen molar-refractivity contribution in [2.24, 2.45) is 0 Å². The van der Waals surface area contributed by atoms with Gasteiger partial charge in [-0.25, -0.2) is 14.8 Å². The van der Waals surface area contributed by atoms with Crippen LogP contribution in [0.3, 0.4) is 0 Å². The average molecular weight is 355 g/mol. The molecule has 0 aliphatic heterocycles. The molecule has 0 aliphatic carbocycles. The Morgan fingerprint density at radius 3 is 1.85 bits per heavy atom. The molecule has 7 heteroatoms. The molecule has 26 heavy (non-hydrogen) atoms. The second kappa shape index (κ2) is 10.6. The zero-order valence-electron chi connectivity index (χ0n) is 15.8. The molecule has 0 spiro atoms. The fraction of sp³-hybridized carbons (Fsp3) is 0.263. The Balaban J connectivity index is 0.000000198. The number of aryl methyl sites for hydroxylation is 1. The highest BCUT2D eigenvalue weighted by molar-refractivity contribution is 5.73. The maximum atomic E-state index is 10.7.